The van der Waals surface area contributed by atoms with Gasteiger partial charge in [0.15, 0.2) is 0 Å². The third kappa shape index (κ3) is 2.69. The minimum absolute atomic E-state index is 0.0338. The Morgan fingerprint density at radius 1 is 1.14 bits per heavy atom. The molecule has 106 valence electrons. The molecule has 0 atom stereocenters. The molecule has 0 aliphatic rings. The van der Waals surface area contributed by atoms with Gasteiger partial charge in [-0.15, -0.1) is 0 Å². The summed E-state index contributed by atoms with van der Waals surface area (Å²) in [6, 6.07) is 8.82. The number of benzene rings is 2. The molecule has 0 N–H and O–H groups in total. The van der Waals surface area contributed by atoms with Gasteiger partial charge in [-0.05, 0) is 48.8 Å². The maximum atomic E-state index is 8.44. The van der Waals surface area contributed by atoms with Gasteiger partial charge in [-0.25, -0.2) is 0 Å². The van der Waals surface area contributed by atoms with Crippen molar-refractivity contribution in [2.24, 2.45) is 0 Å². The molecule has 2 aromatic carbocycles. The Morgan fingerprint density at radius 3 is 2.76 bits per heavy atom. The van der Waals surface area contributed by atoms with Crippen molar-refractivity contribution < 1.29 is 8.22 Å². The van der Waals surface area contributed by atoms with E-state index in [9.17, 15) is 0 Å². The fraction of sp³-hybridized carbons (Fsp3) is 0.250. The normalized spacial score (nSPS) is 16.0. The lowest BCUT2D eigenvalue weighted by atomic mass is 9.96. The molecular formula is C20H21N. The molecular weight excluding hydrogens is 254 g/mol. The summed E-state index contributed by atoms with van der Waals surface area (Å²) in [5.41, 5.74) is 2.47. The third-order valence-electron chi connectivity index (χ3n) is 3.59. The molecule has 0 fully saturated rings. The molecule has 0 radical (unpaired) electrons. The van der Waals surface area contributed by atoms with Crippen LogP contribution in [-0.2, 0) is 0 Å². The summed E-state index contributed by atoms with van der Waals surface area (Å²) in [6.07, 6.45) is -0.185. The van der Waals surface area contributed by atoms with Crippen LogP contribution < -0.4 is 0 Å². The highest BCUT2D eigenvalue weighted by atomic mass is 14.7. The fourth-order valence-electron chi connectivity index (χ4n) is 2.48. The van der Waals surface area contributed by atoms with E-state index in [1.807, 2.05) is 18.2 Å². The molecule has 21 heavy (non-hydrogen) atoms. The molecule has 0 saturated heterocycles. The molecule has 0 amide bonds. The summed E-state index contributed by atoms with van der Waals surface area (Å²) in [4.78, 5) is 4.25. The van der Waals surface area contributed by atoms with Crippen molar-refractivity contribution in [1.29, 1.82) is 0 Å². The van der Waals surface area contributed by atoms with Gasteiger partial charge in [-0.2, -0.15) is 0 Å². The van der Waals surface area contributed by atoms with Crippen LogP contribution in [0.4, 0.5) is 0 Å². The van der Waals surface area contributed by atoms with Gasteiger partial charge in [0.05, 0.1) is 9.81 Å². The van der Waals surface area contributed by atoms with Crippen LogP contribution in [-0.4, -0.2) is 4.98 Å². The van der Waals surface area contributed by atoms with Gasteiger partial charge in [-0.1, -0.05) is 49.2 Å². The number of hydrogen-bond acceptors (Lipinski definition) is 1. The minimum Gasteiger partial charge on any atom is -0.256 e. The van der Waals surface area contributed by atoms with Crippen LogP contribution in [0.15, 0.2) is 48.6 Å². The van der Waals surface area contributed by atoms with Crippen molar-refractivity contribution in [2.45, 2.75) is 33.5 Å². The maximum Gasteiger partial charge on any atom is 0.0840 e. The van der Waals surface area contributed by atoms with Crippen LogP contribution in [0.25, 0.3) is 22.0 Å². The number of hydrogen-bond donors (Lipinski definition) is 0. The number of nitrogens with zero attached hydrogens (tertiary/aromatic N) is 1. The zero-order chi connectivity index (χ0) is 20.1. The van der Waals surface area contributed by atoms with E-state index in [0.29, 0.717) is 27.6 Å². The second-order valence-electron chi connectivity index (χ2n) is 5.64. The first-order valence-corrected chi connectivity index (χ1v) is 7.03. The molecule has 1 nitrogen and oxygen atoms in total. The zero-order valence-corrected chi connectivity index (χ0v) is 12.4. The van der Waals surface area contributed by atoms with E-state index in [4.69, 9.17) is 8.22 Å². The average Bonchev–Trinajstić information content (AvgIpc) is 2.58. The molecule has 0 aliphatic heterocycles. The lowest BCUT2D eigenvalue weighted by Gasteiger charge is -2.11. The highest BCUT2D eigenvalue weighted by Gasteiger charge is 2.08. The molecule has 0 saturated carbocycles. The van der Waals surface area contributed by atoms with E-state index in [2.05, 4.69) is 18.8 Å². The van der Waals surface area contributed by atoms with Gasteiger partial charge in [0, 0.05) is 21.2 Å². The Morgan fingerprint density at radius 2 is 2.00 bits per heavy atom. The topological polar surface area (TPSA) is 12.9 Å². The van der Waals surface area contributed by atoms with E-state index in [1.54, 1.807) is 13.0 Å². The Bertz CT molecular complexity index is 1040. The van der Waals surface area contributed by atoms with Gasteiger partial charge < -0.3 is 0 Å². The van der Waals surface area contributed by atoms with Crippen molar-refractivity contribution in [1.82, 2.24) is 4.98 Å². The van der Waals surface area contributed by atoms with Gasteiger partial charge in [0.1, 0.15) is 0 Å². The largest absolute Gasteiger partial charge is 0.256 e. The average molecular weight is 281 g/mol. The van der Waals surface area contributed by atoms with E-state index >= 15 is 0 Å². The monoisotopic (exact) mass is 281 g/mol. The van der Waals surface area contributed by atoms with Crippen molar-refractivity contribution >= 4 is 10.8 Å². The molecule has 1 aromatic heterocycles. The van der Waals surface area contributed by atoms with E-state index in [0.717, 1.165) is 5.56 Å². The lowest BCUT2D eigenvalue weighted by molar-refractivity contribution is 0.869. The third-order valence-corrected chi connectivity index (χ3v) is 3.59. The standard InChI is InChI=1S/C20H21N/c1-13(2)16-5-6-19-17(12-16)7-8-21-20(19)18-10-14(3)9-15(4)11-18/h5-13H,1-4H3/i3D3,7D,8D,10D. The first-order chi connectivity index (χ1) is 12.5. The Balaban J connectivity index is 2.39. The Hall–Kier alpha value is -2.15. The second-order valence-corrected chi connectivity index (χ2v) is 5.64. The quantitative estimate of drug-likeness (QED) is 0.592. The van der Waals surface area contributed by atoms with Crippen LogP contribution in [0.5, 0.6) is 0 Å². The fourth-order valence-corrected chi connectivity index (χ4v) is 2.48. The van der Waals surface area contributed by atoms with E-state index in [1.165, 1.54) is 6.07 Å². The molecule has 0 spiro atoms. The highest BCUT2D eigenvalue weighted by molar-refractivity contribution is 5.95. The van der Waals surface area contributed by atoms with Crippen LogP contribution in [0, 0.1) is 13.8 Å². The molecule has 0 unspecified atom stereocenters. The summed E-state index contributed by atoms with van der Waals surface area (Å²) in [6.45, 7) is 3.48. The van der Waals surface area contributed by atoms with Crippen molar-refractivity contribution in [3.63, 3.8) is 0 Å². The SMILES string of the molecule is [2H]c1nc(-c2cc(C)cc(C([2H])([2H])[2H])c2[2H])c2ccc(C(C)C)cc2c1[2H]. The number of pyridine rings is 1. The summed E-state index contributed by atoms with van der Waals surface area (Å²) in [5, 5.41) is 1.24. The predicted octanol–water partition coefficient (Wildman–Crippen LogP) is 5.64. The van der Waals surface area contributed by atoms with Gasteiger partial charge >= 0.3 is 0 Å². The van der Waals surface area contributed by atoms with E-state index in [-0.39, 0.29) is 29.7 Å². The summed E-state index contributed by atoms with van der Waals surface area (Å²) in [7, 11) is 0. The first kappa shape index (κ1) is 8.33. The number of fused-ring (bicyclic) bond motifs is 1. The number of rotatable bonds is 2. The lowest BCUT2D eigenvalue weighted by Crippen LogP contribution is -1.91. The molecule has 0 bridgehead atoms. The number of aromatic nitrogens is 1. The van der Waals surface area contributed by atoms with Gasteiger partial charge in [0.2, 0.25) is 0 Å². The zero-order valence-electron chi connectivity index (χ0n) is 18.4. The molecule has 3 rings (SSSR count). The summed E-state index contributed by atoms with van der Waals surface area (Å²) < 4.78 is 47.9. The molecule has 3 aromatic rings. The van der Waals surface area contributed by atoms with Crippen LogP contribution in [0.1, 0.15) is 44.7 Å². The smallest absolute Gasteiger partial charge is 0.0840 e. The van der Waals surface area contributed by atoms with Gasteiger partial charge in [-0.3, -0.25) is 4.98 Å². The Labute approximate surface area is 135 Å². The van der Waals surface area contributed by atoms with Crippen molar-refractivity contribution in [3.8, 4) is 11.3 Å². The van der Waals surface area contributed by atoms with Crippen LogP contribution >= 0.6 is 0 Å². The van der Waals surface area contributed by atoms with Gasteiger partial charge in [0.25, 0.3) is 0 Å². The van der Waals surface area contributed by atoms with Crippen LogP contribution in [0.2, 0.25) is 0 Å². The van der Waals surface area contributed by atoms with Crippen LogP contribution in [0.3, 0.4) is 0 Å². The predicted molar refractivity (Wildman–Crippen MR) is 90.7 cm³/mol. The second kappa shape index (κ2) is 5.33. The Kier molecular flexibility index (Phi) is 2.11. The highest BCUT2D eigenvalue weighted by Crippen LogP contribution is 2.29. The molecule has 1 heteroatoms. The maximum absolute atomic E-state index is 8.44. The van der Waals surface area contributed by atoms with Crippen molar-refractivity contribution in [2.75, 3.05) is 0 Å². The molecule has 0 aliphatic carbocycles. The first-order valence-electron chi connectivity index (χ1n) is 10.0. The van der Waals surface area contributed by atoms with Crippen molar-refractivity contribution in [3.05, 3.63) is 65.3 Å². The van der Waals surface area contributed by atoms with E-state index < -0.39 is 6.85 Å². The number of aryl methyl sites for hydroxylation is 2. The summed E-state index contributed by atoms with van der Waals surface area (Å²) in [5.74, 6) is 0.271. The minimum atomic E-state index is -2.41. The summed E-state index contributed by atoms with van der Waals surface area (Å²) >= 11 is 0. The molecule has 1 heterocycles.